The van der Waals surface area contributed by atoms with Crippen LogP contribution in [-0.4, -0.2) is 12.1 Å². The number of methoxy groups -OCH3 is 1. The molecule has 2 aromatic rings. The summed E-state index contributed by atoms with van der Waals surface area (Å²) in [5, 5.41) is 2.72. The first-order chi connectivity index (χ1) is 7.20. The molecule has 1 aromatic carbocycles. The van der Waals surface area contributed by atoms with Gasteiger partial charge in [-0.2, -0.15) is 0 Å². The lowest BCUT2D eigenvalue weighted by atomic mass is 10.1. The molecular formula is C11H12N2OS. The molecule has 2 rings (SSSR count). The Bertz CT molecular complexity index is 479. The molecule has 0 radical (unpaired) electrons. The van der Waals surface area contributed by atoms with Gasteiger partial charge in [-0.3, -0.25) is 0 Å². The van der Waals surface area contributed by atoms with Gasteiger partial charge in [-0.25, -0.2) is 4.98 Å². The molecule has 0 atom stereocenters. The third-order valence-corrected chi connectivity index (χ3v) is 3.00. The number of benzene rings is 1. The smallest absolute Gasteiger partial charge is 0.135 e. The second-order valence-electron chi connectivity index (χ2n) is 3.28. The van der Waals surface area contributed by atoms with Crippen LogP contribution in [0.25, 0.3) is 10.6 Å². The number of nitrogens with zero attached hydrogens (tertiary/aromatic N) is 1. The lowest BCUT2D eigenvalue weighted by Crippen LogP contribution is -1.89. The Morgan fingerprint density at radius 2 is 2.20 bits per heavy atom. The van der Waals surface area contributed by atoms with Crippen molar-refractivity contribution in [2.45, 2.75) is 6.92 Å². The van der Waals surface area contributed by atoms with Gasteiger partial charge in [0, 0.05) is 5.38 Å². The van der Waals surface area contributed by atoms with E-state index < -0.39 is 0 Å². The summed E-state index contributed by atoms with van der Waals surface area (Å²) in [6.07, 6.45) is 0. The zero-order valence-electron chi connectivity index (χ0n) is 8.65. The molecule has 15 heavy (non-hydrogen) atoms. The fraction of sp³-hybridized carbons (Fsp3) is 0.182. The lowest BCUT2D eigenvalue weighted by Gasteiger charge is -2.06. The van der Waals surface area contributed by atoms with Crippen LogP contribution < -0.4 is 10.5 Å². The molecule has 0 aliphatic heterocycles. The quantitative estimate of drug-likeness (QED) is 0.846. The molecule has 1 heterocycles. The van der Waals surface area contributed by atoms with Gasteiger partial charge in [-0.05, 0) is 24.6 Å². The molecule has 0 saturated carbocycles. The van der Waals surface area contributed by atoms with Gasteiger partial charge in [0.25, 0.3) is 0 Å². The molecular weight excluding hydrogens is 208 g/mol. The van der Waals surface area contributed by atoms with Crippen LogP contribution in [0.4, 0.5) is 5.82 Å². The number of hydrogen-bond acceptors (Lipinski definition) is 4. The number of aryl methyl sites for hydroxylation is 1. The third kappa shape index (κ3) is 1.94. The third-order valence-electron chi connectivity index (χ3n) is 2.11. The summed E-state index contributed by atoms with van der Waals surface area (Å²) in [7, 11) is 1.66. The molecule has 0 aliphatic carbocycles. The van der Waals surface area contributed by atoms with Crippen LogP contribution in [0.5, 0.6) is 5.75 Å². The highest BCUT2D eigenvalue weighted by Crippen LogP contribution is 2.33. The fourth-order valence-corrected chi connectivity index (χ4v) is 2.12. The van der Waals surface area contributed by atoms with Gasteiger partial charge >= 0.3 is 0 Å². The molecule has 78 valence electrons. The summed E-state index contributed by atoms with van der Waals surface area (Å²) in [4.78, 5) is 4.24. The van der Waals surface area contributed by atoms with E-state index in [1.54, 1.807) is 7.11 Å². The molecule has 0 amide bonds. The molecule has 0 spiro atoms. The number of aromatic nitrogens is 1. The Kier molecular flexibility index (Phi) is 2.60. The lowest BCUT2D eigenvalue weighted by molar-refractivity contribution is 0.416. The molecule has 0 fully saturated rings. The summed E-state index contributed by atoms with van der Waals surface area (Å²) in [6, 6.07) is 6.04. The van der Waals surface area contributed by atoms with Crippen molar-refractivity contribution < 1.29 is 4.74 Å². The number of thiazole rings is 1. The maximum Gasteiger partial charge on any atom is 0.135 e. The molecule has 3 nitrogen and oxygen atoms in total. The fourth-order valence-electron chi connectivity index (χ4n) is 1.38. The number of rotatable bonds is 2. The van der Waals surface area contributed by atoms with Crippen molar-refractivity contribution in [3.8, 4) is 16.3 Å². The number of nitrogens with two attached hydrogens (primary N) is 1. The number of anilines is 1. The number of hydrogen-bond donors (Lipinski definition) is 1. The maximum absolute atomic E-state index is 5.60. The Morgan fingerprint density at radius 3 is 2.80 bits per heavy atom. The van der Waals surface area contributed by atoms with Gasteiger partial charge in [0.05, 0.1) is 12.7 Å². The summed E-state index contributed by atoms with van der Waals surface area (Å²) in [6.45, 7) is 2.03. The van der Waals surface area contributed by atoms with Crippen molar-refractivity contribution in [2.75, 3.05) is 12.8 Å². The number of nitrogen functional groups attached to an aromatic ring is 1. The standard InChI is InChI=1S/C11H12N2OS/c1-7-3-4-8(9(5-7)14-2)11-13-10(12)6-15-11/h3-6H,12H2,1-2H3. The van der Waals surface area contributed by atoms with Crippen LogP contribution in [0.1, 0.15) is 5.56 Å². The molecule has 0 unspecified atom stereocenters. The Labute approximate surface area is 92.5 Å². The summed E-state index contributed by atoms with van der Waals surface area (Å²) >= 11 is 1.52. The molecule has 0 bridgehead atoms. The first-order valence-electron chi connectivity index (χ1n) is 4.56. The van der Waals surface area contributed by atoms with Crippen molar-refractivity contribution in [3.05, 3.63) is 29.1 Å². The minimum Gasteiger partial charge on any atom is -0.496 e. The zero-order chi connectivity index (χ0) is 10.8. The van der Waals surface area contributed by atoms with Gasteiger partial charge in [-0.15, -0.1) is 11.3 Å². The van der Waals surface area contributed by atoms with Gasteiger partial charge in [0.1, 0.15) is 16.6 Å². The largest absolute Gasteiger partial charge is 0.496 e. The van der Waals surface area contributed by atoms with Crippen LogP contribution in [0.2, 0.25) is 0 Å². The normalized spacial score (nSPS) is 10.3. The van der Waals surface area contributed by atoms with Crippen molar-refractivity contribution in [2.24, 2.45) is 0 Å². The van der Waals surface area contributed by atoms with Crippen molar-refractivity contribution in [3.63, 3.8) is 0 Å². The minimum atomic E-state index is 0.553. The minimum absolute atomic E-state index is 0.553. The van der Waals surface area contributed by atoms with Crippen LogP contribution in [-0.2, 0) is 0 Å². The van der Waals surface area contributed by atoms with E-state index in [1.165, 1.54) is 16.9 Å². The predicted molar refractivity (Wildman–Crippen MR) is 63.3 cm³/mol. The SMILES string of the molecule is COc1cc(C)ccc1-c1nc(N)cs1. The topological polar surface area (TPSA) is 48.1 Å². The zero-order valence-corrected chi connectivity index (χ0v) is 9.47. The average Bonchev–Trinajstić information content (AvgIpc) is 2.64. The van der Waals surface area contributed by atoms with E-state index in [1.807, 2.05) is 30.5 Å². The second kappa shape index (κ2) is 3.90. The molecule has 1 aromatic heterocycles. The Balaban J connectivity index is 2.52. The van der Waals surface area contributed by atoms with Crippen molar-refractivity contribution >= 4 is 17.2 Å². The summed E-state index contributed by atoms with van der Waals surface area (Å²) in [5.41, 5.74) is 7.75. The van der Waals surface area contributed by atoms with E-state index >= 15 is 0 Å². The predicted octanol–water partition coefficient (Wildman–Crippen LogP) is 2.71. The van der Waals surface area contributed by atoms with Crippen LogP contribution in [0.15, 0.2) is 23.6 Å². The molecule has 4 heteroatoms. The Morgan fingerprint density at radius 1 is 1.40 bits per heavy atom. The number of ether oxygens (including phenoxy) is 1. The average molecular weight is 220 g/mol. The molecule has 0 aliphatic rings. The van der Waals surface area contributed by atoms with Crippen molar-refractivity contribution in [1.82, 2.24) is 4.98 Å². The second-order valence-corrected chi connectivity index (χ2v) is 4.14. The van der Waals surface area contributed by atoms with E-state index in [0.29, 0.717) is 5.82 Å². The van der Waals surface area contributed by atoms with Crippen molar-refractivity contribution in [1.29, 1.82) is 0 Å². The van der Waals surface area contributed by atoms with Gasteiger partial charge in [0.2, 0.25) is 0 Å². The van der Waals surface area contributed by atoms with Crippen LogP contribution in [0.3, 0.4) is 0 Å². The summed E-state index contributed by atoms with van der Waals surface area (Å²) in [5.74, 6) is 1.39. The monoisotopic (exact) mass is 220 g/mol. The van der Waals surface area contributed by atoms with E-state index in [-0.39, 0.29) is 0 Å². The van der Waals surface area contributed by atoms with Gasteiger partial charge in [0.15, 0.2) is 0 Å². The molecule has 0 saturated heterocycles. The molecule has 2 N–H and O–H groups in total. The summed E-state index contributed by atoms with van der Waals surface area (Å²) < 4.78 is 5.32. The van der Waals surface area contributed by atoms with Gasteiger partial charge < -0.3 is 10.5 Å². The highest BCUT2D eigenvalue weighted by molar-refractivity contribution is 7.13. The maximum atomic E-state index is 5.60. The van der Waals surface area contributed by atoms with E-state index in [2.05, 4.69) is 4.98 Å². The first kappa shape index (κ1) is 9.98. The van der Waals surface area contributed by atoms with E-state index in [4.69, 9.17) is 10.5 Å². The van der Waals surface area contributed by atoms with Gasteiger partial charge in [-0.1, -0.05) is 6.07 Å². The highest BCUT2D eigenvalue weighted by atomic mass is 32.1. The first-order valence-corrected chi connectivity index (χ1v) is 5.44. The van der Waals surface area contributed by atoms with E-state index in [0.717, 1.165) is 16.3 Å². The van der Waals surface area contributed by atoms with Crippen LogP contribution >= 0.6 is 11.3 Å². The van der Waals surface area contributed by atoms with E-state index in [9.17, 15) is 0 Å². The Hall–Kier alpha value is -1.55. The highest BCUT2D eigenvalue weighted by Gasteiger charge is 2.09. The van der Waals surface area contributed by atoms with Crippen LogP contribution in [0, 0.1) is 6.92 Å².